The van der Waals surface area contributed by atoms with Gasteiger partial charge < -0.3 is 18.9 Å². The van der Waals surface area contributed by atoms with E-state index in [4.69, 9.17) is 18.9 Å². The van der Waals surface area contributed by atoms with Gasteiger partial charge in [-0.15, -0.1) is 0 Å². The third-order valence-electron chi connectivity index (χ3n) is 11.4. The molecule has 0 amide bonds. The average molecular weight is 705 g/mol. The molecular weight excluding hydrogens is 636 g/mol. The van der Waals surface area contributed by atoms with Crippen LogP contribution in [0.3, 0.4) is 0 Å². The van der Waals surface area contributed by atoms with Crippen molar-refractivity contribution in [1.29, 1.82) is 0 Å². The Kier molecular flexibility index (Phi) is 18.8. The van der Waals surface area contributed by atoms with Crippen molar-refractivity contribution in [3.63, 3.8) is 0 Å². The molecule has 0 spiro atoms. The fourth-order valence-corrected chi connectivity index (χ4v) is 8.41. The van der Waals surface area contributed by atoms with Crippen LogP contribution in [0.15, 0.2) is 48.5 Å². The highest BCUT2D eigenvalue weighted by atomic mass is 16.6. The fraction of sp³-hybridized carbons (Fsp3) is 0.689. The highest BCUT2D eigenvalue weighted by Gasteiger charge is 2.25. The summed E-state index contributed by atoms with van der Waals surface area (Å²) in [6, 6.07) is 14.2. The summed E-state index contributed by atoms with van der Waals surface area (Å²) in [7, 11) is 0. The highest BCUT2D eigenvalue weighted by molar-refractivity contribution is 5.90. The Morgan fingerprint density at radius 1 is 0.569 bits per heavy atom. The van der Waals surface area contributed by atoms with Crippen LogP contribution in [-0.4, -0.2) is 37.9 Å². The van der Waals surface area contributed by atoms with E-state index in [1.807, 2.05) is 24.3 Å². The Morgan fingerprint density at radius 2 is 0.961 bits per heavy atom. The topological polar surface area (TPSA) is 71.1 Å². The molecule has 2 saturated carbocycles. The predicted octanol–water partition coefficient (Wildman–Crippen LogP) is 12.2. The number of hydrogen-bond acceptors (Lipinski definition) is 6. The molecule has 6 nitrogen and oxygen atoms in total. The zero-order valence-corrected chi connectivity index (χ0v) is 32.2. The Hall–Kier alpha value is -3.02. The molecule has 2 fully saturated rings. The van der Waals surface area contributed by atoms with E-state index >= 15 is 0 Å². The molecule has 51 heavy (non-hydrogen) atoms. The maximum atomic E-state index is 12.7. The molecule has 2 aromatic carbocycles. The molecule has 0 aromatic heterocycles. The molecule has 0 saturated heterocycles. The van der Waals surface area contributed by atoms with Crippen molar-refractivity contribution in [2.75, 3.05) is 19.8 Å². The maximum Gasteiger partial charge on any atom is 0.338 e. The zero-order valence-electron chi connectivity index (χ0n) is 32.2. The van der Waals surface area contributed by atoms with E-state index in [0.29, 0.717) is 24.3 Å². The summed E-state index contributed by atoms with van der Waals surface area (Å²) >= 11 is 0. The minimum atomic E-state index is -0.582. The lowest BCUT2D eigenvalue weighted by Gasteiger charge is -2.31. The molecular formula is C45H68O6. The lowest BCUT2D eigenvalue weighted by Crippen LogP contribution is -2.22. The molecule has 0 aliphatic heterocycles. The summed E-state index contributed by atoms with van der Waals surface area (Å²) in [5.74, 6) is 4.10. The summed E-state index contributed by atoms with van der Waals surface area (Å²) in [6.07, 6.45) is 25.9. The number of benzene rings is 2. The molecule has 2 aromatic rings. The first kappa shape index (κ1) is 40.7. The van der Waals surface area contributed by atoms with Crippen molar-refractivity contribution in [1.82, 2.24) is 0 Å². The fourth-order valence-electron chi connectivity index (χ4n) is 8.41. The number of rotatable bonds is 23. The summed E-state index contributed by atoms with van der Waals surface area (Å²) in [5.41, 5.74) is 0.887. The van der Waals surface area contributed by atoms with E-state index in [0.717, 1.165) is 48.0 Å². The quantitative estimate of drug-likeness (QED) is 0.0847. The van der Waals surface area contributed by atoms with Crippen molar-refractivity contribution in [2.24, 2.45) is 23.7 Å². The van der Waals surface area contributed by atoms with Gasteiger partial charge in [-0.3, -0.25) is 0 Å². The molecule has 0 N–H and O–H groups in total. The van der Waals surface area contributed by atoms with Crippen molar-refractivity contribution in [2.45, 2.75) is 155 Å². The van der Waals surface area contributed by atoms with Crippen LogP contribution >= 0.6 is 0 Å². The minimum Gasteiger partial charge on any atom is -0.494 e. The van der Waals surface area contributed by atoms with E-state index in [-0.39, 0.29) is 6.61 Å². The van der Waals surface area contributed by atoms with Gasteiger partial charge in [0.05, 0.1) is 24.3 Å². The molecule has 6 heteroatoms. The van der Waals surface area contributed by atoms with Crippen molar-refractivity contribution in [3.05, 3.63) is 59.7 Å². The number of carbonyl (C=O) groups excluding carboxylic acids is 2. The standard InChI is InChI=1S/C45H68O6/c1-4-6-8-16-36-18-10-12-20-38(36)22-14-32-48-42-28-24-40(25-29-42)44(46)50-34-35(3)51-45(47)41-26-30-43(31-27-41)49-33-15-23-39-21-13-11-19-37(39)17-9-7-5-2/h24-31,35-39H,4-23,32-34H2,1-3H3/t35-,36?,37?,38?,39?/m1/s1. The number of ether oxygens (including phenoxy) is 4. The lowest BCUT2D eigenvalue weighted by molar-refractivity contribution is 0.00447. The Bertz CT molecular complexity index is 1240. The van der Waals surface area contributed by atoms with E-state index < -0.39 is 18.0 Å². The molecule has 4 unspecified atom stereocenters. The predicted molar refractivity (Wildman–Crippen MR) is 207 cm³/mol. The van der Waals surface area contributed by atoms with Crippen LogP contribution in [0.25, 0.3) is 0 Å². The molecule has 0 radical (unpaired) electrons. The summed E-state index contributed by atoms with van der Waals surface area (Å²) in [5, 5.41) is 0. The first-order valence-corrected chi connectivity index (χ1v) is 20.8. The van der Waals surface area contributed by atoms with Gasteiger partial charge in [0.25, 0.3) is 0 Å². The minimum absolute atomic E-state index is 0.0227. The molecule has 5 atom stereocenters. The molecule has 2 aliphatic carbocycles. The molecule has 0 bridgehead atoms. The van der Waals surface area contributed by atoms with Crippen LogP contribution in [-0.2, 0) is 9.47 Å². The van der Waals surface area contributed by atoms with Crippen LogP contribution in [0.4, 0.5) is 0 Å². The van der Waals surface area contributed by atoms with Gasteiger partial charge in [-0.25, -0.2) is 9.59 Å². The third-order valence-corrected chi connectivity index (χ3v) is 11.4. The van der Waals surface area contributed by atoms with E-state index in [1.165, 1.54) is 116 Å². The van der Waals surface area contributed by atoms with Gasteiger partial charge in [-0.05, 0) is 105 Å². The Balaban J connectivity index is 1.08. The van der Waals surface area contributed by atoms with E-state index in [1.54, 1.807) is 31.2 Å². The second-order valence-corrected chi connectivity index (χ2v) is 15.4. The summed E-state index contributed by atoms with van der Waals surface area (Å²) in [4.78, 5) is 25.4. The van der Waals surface area contributed by atoms with E-state index in [2.05, 4.69) is 13.8 Å². The number of hydrogen-bond donors (Lipinski definition) is 0. The van der Waals surface area contributed by atoms with Gasteiger partial charge in [-0.2, -0.15) is 0 Å². The van der Waals surface area contributed by atoms with Crippen molar-refractivity contribution in [3.8, 4) is 11.5 Å². The van der Waals surface area contributed by atoms with Crippen molar-refractivity contribution >= 4 is 11.9 Å². The third kappa shape index (κ3) is 14.9. The normalized spacial score (nSPS) is 21.1. The number of carbonyl (C=O) groups is 2. The number of esters is 2. The second-order valence-electron chi connectivity index (χ2n) is 15.4. The summed E-state index contributed by atoms with van der Waals surface area (Å²) in [6.45, 7) is 7.65. The van der Waals surface area contributed by atoms with Crippen LogP contribution in [0.5, 0.6) is 11.5 Å². The van der Waals surface area contributed by atoms with Crippen molar-refractivity contribution < 1.29 is 28.5 Å². The molecule has 4 rings (SSSR count). The lowest BCUT2D eigenvalue weighted by atomic mass is 9.74. The van der Waals surface area contributed by atoms with Gasteiger partial charge in [0, 0.05) is 0 Å². The van der Waals surface area contributed by atoms with E-state index in [9.17, 15) is 9.59 Å². The van der Waals surface area contributed by atoms with Gasteiger partial charge >= 0.3 is 11.9 Å². The number of unbranched alkanes of at least 4 members (excludes halogenated alkanes) is 4. The molecule has 284 valence electrons. The largest absolute Gasteiger partial charge is 0.494 e. The smallest absolute Gasteiger partial charge is 0.338 e. The van der Waals surface area contributed by atoms with Crippen LogP contribution in [0.2, 0.25) is 0 Å². The highest BCUT2D eigenvalue weighted by Crippen LogP contribution is 2.37. The molecule has 2 aliphatic rings. The SMILES string of the molecule is CCCCCC1CCCCC1CCCOc1ccc(C(=O)OC[C@@H](C)OC(=O)c2ccc(OCCCC3CCCCC3CCCCC)cc2)cc1. The van der Waals surface area contributed by atoms with Gasteiger partial charge in [0.2, 0.25) is 0 Å². The second kappa shape index (κ2) is 23.5. The van der Waals surface area contributed by atoms with Crippen LogP contribution < -0.4 is 9.47 Å². The summed E-state index contributed by atoms with van der Waals surface area (Å²) < 4.78 is 23.0. The van der Waals surface area contributed by atoms with Gasteiger partial charge in [0.15, 0.2) is 0 Å². The first-order valence-electron chi connectivity index (χ1n) is 20.8. The van der Waals surface area contributed by atoms with Crippen LogP contribution in [0.1, 0.15) is 170 Å². The first-order chi connectivity index (χ1) is 25.0. The Morgan fingerprint density at radius 3 is 1.37 bits per heavy atom. The zero-order chi connectivity index (χ0) is 36.1. The molecule has 0 heterocycles. The average Bonchev–Trinajstić information content (AvgIpc) is 3.16. The Labute approximate surface area is 309 Å². The van der Waals surface area contributed by atoms with Crippen LogP contribution in [0, 0.1) is 23.7 Å². The maximum absolute atomic E-state index is 12.7. The monoisotopic (exact) mass is 705 g/mol. The van der Waals surface area contributed by atoms with Gasteiger partial charge in [-0.1, -0.05) is 117 Å². The van der Waals surface area contributed by atoms with Gasteiger partial charge in [0.1, 0.15) is 24.2 Å².